The summed E-state index contributed by atoms with van der Waals surface area (Å²) in [5, 5.41) is 8.13. The minimum atomic E-state index is -2.80. The number of alkyl halides is 2. The molecule has 1 aromatic carbocycles. The first kappa shape index (κ1) is 24.1. The van der Waals surface area contributed by atoms with Crippen LogP contribution >= 0.6 is 0 Å². The van der Waals surface area contributed by atoms with E-state index in [4.69, 9.17) is 14.9 Å². The second-order valence-corrected chi connectivity index (χ2v) is 10.1. The summed E-state index contributed by atoms with van der Waals surface area (Å²) < 4.78 is 52.3. The second-order valence-electron chi connectivity index (χ2n) is 10.1. The van der Waals surface area contributed by atoms with E-state index < -0.39 is 30.3 Å². The van der Waals surface area contributed by atoms with Gasteiger partial charge in [0.2, 0.25) is 17.7 Å². The van der Waals surface area contributed by atoms with Crippen LogP contribution in [0.25, 0.3) is 11.5 Å². The van der Waals surface area contributed by atoms with Crippen LogP contribution in [0.15, 0.2) is 34.7 Å². The highest BCUT2D eigenvalue weighted by Crippen LogP contribution is 2.41. The third-order valence-electron chi connectivity index (χ3n) is 6.42. The van der Waals surface area contributed by atoms with Crippen molar-refractivity contribution in [3.8, 4) is 17.3 Å². The van der Waals surface area contributed by atoms with Gasteiger partial charge in [0, 0.05) is 17.4 Å². The molecule has 190 valence electrons. The van der Waals surface area contributed by atoms with Crippen molar-refractivity contribution in [2.75, 3.05) is 24.6 Å². The Bertz CT molecular complexity index is 1280. The van der Waals surface area contributed by atoms with E-state index in [2.05, 4.69) is 15.2 Å². The van der Waals surface area contributed by atoms with E-state index in [0.29, 0.717) is 29.3 Å². The smallest absolute Gasteiger partial charge is 0.282 e. The zero-order valence-electron chi connectivity index (χ0n) is 19.9. The van der Waals surface area contributed by atoms with Crippen molar-refractivity contribution in [2.24, 2.45) is 11.7 Å². The van der Waals surface area contributed by atoms with Crippen molar-refractivity contribution in [3.63, 3.8) is 0 Å². The first-order valence-electron chi connectivity index (χ1n) is 11.7. The molecule has 11 heteroatoms. The summed E-state index contributed by atoms with van der Waals surface area (Å²) in [5.41, 5.74) is 6.30. The van der Waals surface area contributed by atoms with Crippen LogP contribution in [0.1, 0.15) is 48.6 Å². The normalized spacial score (nSPS) is 17.1. The van der Waals surface area contributed by atoms with Crippen LogP contribution in [0, 0.1) is 11.7 Å². The quantitative estimate of drug-likeness (QED) is 0.470. The van der Waals surface area contributed by atoms with Gasteiger partial charge in [-0.3, -0.25) is 4.79 Å². The molecule has 36 heavy (non-hydrogen) atoms. The molecule has 1 aliphatic heterocycles. The molecule has 1 saturated heterocycles. The molecule has 2 aliphatic rings. The molecule has 1 aliphatic carbocycles. The average molecular weight is 502 g/mol. The summed E-state index contributed by atoms with van der Waals surface area (Å²) >= 11 is 0. The van der Waals surface area contributed by atoms with E-state index >= 15 is 0 Å². The molecule has 3 aromatic rings. The van der Waals surface area contributed by atoms with Gasteiger partial charge in [0.05, 0.1) is 19.7 Å². The van der Waals surface area contributed by atoms with Crippen molar-refractivity contribution >= 4 is 11.6 Å². The molecule has 8 nitrogen and oxygen atoms in total. The van der Waals surface area contributed by atoms with Gasteiger partial charge in [-0.05, 0) is 54.7 Å². The lowest BCUT2D eigenvalue weighted by Gasteiger charge is -2.41. The molecule has 0 unspecified atom stereocenters. The number of anilines is 1. The van der Waals surface area contributed by atoms with Gasteiger partial charge in [0.1, 0.15) is 17.2 Å². The van der Waals surface area contributed by atoms with Crippen LogP contribution < -0.4 is 15.4 Å². The van der Waals surface area contributed by atoms with E-state index in [1.54, 1.807) is 6.07 Å². The van der Waals surface area contributed by atoms with Crippen molar-refractivity contribution in [1.29, 1.82) is 0 Å². The number of nitrogens with zero attached hydrogens (tertiary/aromatic N) is 4. The number of benzene rings is 1. The summed E-state index contributed by atoms with van der Waals surface area (Å²) in [6.45, 7) is 3.16. The van der Waals surface area contributed by atoms with Crippen LogP contribution in [-0.2, 0) is 11.8 Å². The maximum absolute atomic E-state index is 13.7. The molecular formula is C25H26F3N5O3. The molecule has 3 heterocycles. The monoisotopic (exact) mass is 501 g/mol. The van der Waals surface area contributed by atoms with Crippen molar-refractivity contribution in [1.82, 2.24) is 15.2 Å². The number of carbonyl (C=O) groups excluding carboxylic acids is 1. The minimum absolute atomic E-state index is 0.0000963. The second kappa shape index (κ2) is 8.79. The molecular weight excluding hydrogens is 475 g/mol. The number of aromatic nitrogens is 3. The zero-order chi connectivity index (χ0) is 25.7. The Morgan fingerprint density at radius 1 is 1.22 bits per heavy atom. The maximum Gasteiger partial charge on any atom is 0.282 e. The largest absolute Gasteiger partial charge is 0.476 e. The van der Waals surface area contributed by atoms with Gasteiger partial charge in [-0.15, -0.1) is 10.2 Å². The zero-order valence-corrected chi connectivity index (χ0v) is 19.9. The van der Waals surface area contributed by atoms with Crippen LogP contribution in [0.5, 0.6) is 5.88 Å². The van der Waals surface area contributed by atoms with E-state index in [-0.39, 0.29) is 35.6 Å². The number of primary amides is 1. The molecule has 2 aromatic heterocycles. The predicted molar refractivity (Wildman–Crippen MR) is 125 cm³/mol. The Hall–Kier alpha value is -3.63. The van der Waals surface area contributed by atoms with Gasteiger partial charge in [-0.1, -0.05) is 13.8 Å². The van der Waals surface area contributed by atoms with E-state index in [0.717, 1.165) is 12.8 Å². The first-order valence-corrected chi connectivity index (χ1v) is 11.7. The molecule has 2 fully saturated rings. The fraction of sp³-hybridized carbons (Fsp3) is 0.440. The number of amides is 1. The lowest BCUT2D eigenvalue weighted by Crippen LogP contribution is -2.56. The third kappa shape index (κ3) is 5.00. The predicted octanol–water partition coefficient (Wildman–Crippen LogP) is 4.13. The number of nitrogens with two attached hydrogens (primary N) is 1. The summed E-state index contributed by atoms with van der Waals surface area (Å²) in [4.78, 5) is 18.3. The topological polar surface area (TPSA) is 107 Å². The number of ether oxygens (including phenoxy) is 1. The van der Waals surface area contributed by atoms with Gasteiger partial charge in [0.25, 0.3) is 11.8 Å². The number of carbonyl (C=O) groups is 1. The number of pyridine rings is 1. The molecule has 0 spiro atoms. The Morgan fingerprint density at radius 3 is 2.53 bits per heavy atom. The van der Waals surface area contributed by atoms with Gasteiger partial charge >= 0.3 is 0 Å². The van der Waals surface area contributed by atoms with E-state index in [9.17, 15) is 18.0 Å². The van der Waals surface area contributed by atoms with Crippen molar-refractivity contribution in [3.05, 3.63) is 53.3 Å². The Morgan fingerprint density at radius 2 is 1.92 bits per heavy atom. The number of hydrogen-bond acceptors (Lipinski definition) is 7. The standard InChI is InChI=1S/C25H26F3N5O3/c1-24(2,10-19-31-32-22(36-19)15-5-7-16(26)8-6-15)17-9-18(33-12-25(27,28)13-33)23(30-20(17)21(29)34)35-11-14-3-4-14/h5-9,14H,3-4,10-13H2,1-2H3,(H2,29,34). The number of halogens is 3. The molecule has 0 radical (unpaired) electrons. The van der Waals surface area contributed by atoms with Crippen LogP contribution in [-0.4, -0.2) is 46.7 Å². The summed E-state index contributed by atoms with van der Waals surface area (Å²) in [6.07, 6.45) is 2.28. The summed E-state index contributed by atoms with van der Waals surface area (Å²) in [5.74, 6) is -2.91. The SMILES string of the molecule is CC(C)(Cc1nnc(-c2ccc(F)cc2)o1)c1cc(N2CC(F)(F)C2)c(OCC2CC2)nc1C(N)=O. The van der Waals surface area contributed by atoms with Gasteiger partial charge < -0.3 is 19.8 Å². The summed E-state index contributed by atoms with van der Waals surface area (Å²) in [6, 6.07) is 7.30. The minimum Gasteiger partial charge on any atom is -0.476 e. The molecule has 0 bridgehead atoms. The van der Waals surface area contributed by atoms with Crippen LogP contribution in [0.3, 0.4) is 0 Å². The van der Waals surface area contributed by atoms with Gasteiger partial charge in [0.15, 0.2) is 0 Å². The highest BCUT2D eigenvalue weighted by molar-refractivity contribution is 5.93. The van der Waals surface area contributed by atoms with E-state index in [1.807, 2.05) is 13.8 Å². The van der Waals surface area contributed by atoms with Gasteiger partial charge in [-0.2, -0.15) is 0 Å². The first-order chi connectivity index (χ1) is 17.0. The Kier molecular flexibility index (Phi) is 5.88. The molecule has 0 atom stereocenters. The maximum atomic E-state index is 13.7. The van der Waals surface area contributed by atoms with Crippen molar-refractivity contribution < 1.29 is 27.1 Å². The van der Waals surface area contributed by atoms with Crippen LogP contribution in [0.4, 0.5) is 18.9 Å². The highest BCUT2D eigenvalue weighted by atomic mass is 19.3. The Balaban J connectivity index is 1.47. The highest BCUT2D eigenvalue weighted by Gasteiger charge is 2.46. The van der Waals surface area contributed by atoms with Crippen LogP contribution in [0.2, 0.25) is 0 Å². The molecule has 1 amide bonds. The summed E-state index contributed by atoms with van der Waals surface area (Å²) in [7, 11) is 0. The van der Waals surface area contributed by atoms with Gasteiger partial charge in [-0.25, -0.2) is 18.2 Å². The fourth-order valence-corrected chi connectivity index (χ4v) is 4.19. The lowest BCUT2D eigenvalue weighted by molar-refractivity contribution is -0.0265. The Labute approximate surface area is 205 Å². The molecule has 5 rings (SSSR count). The molecule has 2 N–H and O–H groups in total. The third-order valence-corrected chi connectivity index (χ3v) is 6.42. The lowest BCUT2D eigenvalue weighted by atomic mass is 9.80. The fourth-order valence-electron chi connectivity index (χ4n) is 4.19. The average Bonchev–Trinajstić information content (AvgIpc) is 3.52. The number of rotatable bonds is 9. The number of hydrogen-bond donors (Lipinski definition) is 1. The molecule has 1 saturated carbocycles. The van der Waals surface area contributed by atoms with Crippen molar-refractivity contribution in [2.45, 2.75) is 44.4 Å². The van der Waals surface area contributed by atoms with E-state index in [1.165, 1.54) is 29.2 Å².